The minimum atomic E-state index is -0.257. The maximum atomic E-state index is 13.0. The van der Waals surface area contributed by atoms with Crippen molar-refractivity contribution in [1.29, 1.82) is 0 Å². The predicted molar refractivity (Wildman–Crippen MR) is 123 cm³/mol. The van der Waals surface area contributed by atoms with E-state index >= 15 is 0 Å². The molecule has 7 heteroatoms. The topological polar surface area (TPSA) is 66.1 Å². The van der Waals surface area contributed by atoms with Crippen molar-refractivity contribution in [3.05, 3.63) is 96.6 Å². The van der Waals surface area contributed by atoms with Gasteiger partial charge in [0.15, 0.2) is 0 Å². The Morgan fingerprint density at radius 2 is 2.00 bits per heavy atom. The number of amides is 1. The average Bonchev–Trinajstić information content (AvgIpc) is 3.56. The van der Waals surface area contributed by atoms with Gasteiger partial charge in [-0.3, -0.25) is 9.59 Å². The lowest BCUT2D eigenvalue weighted by Gasteiger charge is -2.28. The number of carbonyl (C=O) groups excluding carboxylic acids is 1. The number of nitrogens with zero attached hydrogens (tertiary/aromatic N) is 2. The molecule has 0 bridgehead atoms. The molecule has 3 aromatic rings. The zero-order valence-corrected chi connectivity index (χ0v) is 19.2. The molecule has 1 aliphatic carbocycles. The van der Waals surface area contributed by atoms with Crippen molar-refractivity contribution in [3.63, 3.8) is 0 Å². The molecule has 5 nitrogen and oxygen atoms in total. The molecular weight excluding hydrogens is 478 g/mol. The van der Waals surface area contributed by atoms with Gasteiger partial charge in [0.25, 0.3) is 5.56 Å². The third-order valence-corrected chi connectivity index (χ3v) is 6.97. The van der Waals surface area contributed by atoms with Gasteiger partial charge in [-0.15, -0.1) is 0 Å². The van der Waals surface area contributed by atoms with Crippen molar-refractivity contribution in [2.45, 2.75) is 37.6 Å². The minimum absolute atomic E-state index is 0.0183. The Morgan fingerprint density at radius 1 is 1.19 bits per heavy atom. The van der Waals surface area contributed by atoms with Crippen molar-refractivity contribution in [2.75, 3.05) is 6.54 Å². The van der Waals surface area contributed by atoms with Crippen LogP contribution in [-0.2, 0) is 29.6 Å². The van der Waals surface area contributed by atoms with Crippen LogP contribution in [0.15, 0.2) is 57.8 Å². The van der Waals surface area contributed by atoms with E-state index in [0.717, 1.165) is 34.1 Å². The van der Waals surface area contributed by atoms with Gasteiger partial charge in [-0.25, -0.2) is 4.98 Å². The zero-order valence-electron chi connectivity index (χ0n) is 16.8. The number of carbonyl (C=O) groups is 1. The van der Waals surface area contributed by atoms with Gasteiger partial charge in [-0.05, 0) is 48.2 Å². The first kappa shape index (κ1) is 20.5. The Hall–Kier alpha value is -2.44. The van der Waals surface area contributed by atoms with E-state index in [1.165, 1.54) is 0 Å². The van der Waals surface area contributed by atoms with Gasteiger partial charge in [-0.1, -0.05) is 51.8 Å². The van der Waals surface area contributed by atoms with E-state index in [-0.39, 0.29) is 16.9 Å². The molecule has 0 unspecified atom stereocenters. The second-order valence-corrected chi connectivity index (χ2v) is 9.66. The third kappa shape index (κ3) is 3.94. The predicted octanol–water partition coefficient (Wildman–Crippen LogP) is 4.39. The van der Waals surface area contributed by atoms with Gasteiger partial charge in [0.2, 0.25) is 5.91 Å². The molecule has 1 N–H and O–H groups in total. The van der Waals surface area contributed by atoms with E-state index in [9.17, 15) is 9.59 Å². The van der Waals surface area contributed by atoms with Crippen LogP contribution in [0.5, 0.6) is 0 Å². The van der Waals surface area contributed by atoms with Crippen LogP contribution < -0.4 is 5.56 Å². The number of hydrogen-bond donors (Lipinski definition) is 1. The number of aromatic amines is 1. The highest BCUT2D eigenvalue weighted by molar-refractivity contribution is 9.10. The number of nitrogens with one attached hydrogen (secondary N) is 1. The van der Waals surface area contributed by atoms with E-state index in [4.69, 9.17) is 16.6 Å². The van der Waals surface area contributed by atoms with Crippen molar-refractivity contribution < 1.29 is 4.79 Å². The molecule has 2 aromatic carbocycles. The number of rotatable bonds is 4. The first-order valence-corrected chi connectivity index (χ1v) is 11.5. The van der Waals surface area contributed by atoms with E-state index in [1.807, 2.05) is 48.5 Å². The Labute approximate surface area is 193 Å². The summed E-state index contributed by atoms with van der Waals surface area (Å²) in [7, 11) is 0. The molecule has 0 spiro atoms. The Morgan fingerprint density at radius 3 is 2.74 bits per heavy atom. The summed E-state index contributed by atoms with van der Waals surface area (Å²) in [5.74, 6) is 0.734. The van der Waals surface area contributed by atoms with E-state index in [0.29, 0.717) is 42.3 Å². The molecule has 1 aromatic heterocycles. The first-order valence-electron chi connectivity index (χ1n) is 10.4. The van der Waals surface area contributed by atoms with Crippen LogP contribution in [-0.4, -0.2) is 27.3 Å². The molecule has 2 aliphatic rings. The Balaban J connectivity index is 1.39. The fourth-order valence-corrected chi connectivity index (χ4v) is 5.01. The summed E-state index contributed by atoms with van der Waals surface area (Å²) in [5.41, 5.74) is 3.04. The largest absolute Gasteiger partial charge is 0.337 e. The normalized spacial score (nSPS) is 16.6. The highest BCUT2D eigenvalue weighted by Crippen LogP contribution is 2.52. The number of hydrogen-bond acceptors (Lipinski definition) is 3. The summed E-state index contributed by atoms with van der Waals surface area (Å²) in [5, 5.41) is 0.684. The summed E-state index contributed by atoms with van der Waals surface area (Å²) in [4.78, 5) is 35.4. The molecule has 158 valence electrons. The number of benzene rings is 2. The number of fused-ring (bicyclic) bond motifs is 1. The fourth-order valence-electron chi connectivity index (χ4n) is 4.37. The number of H-pyrrole nitrogens is 1. The van der Waals surface area contributed by atoms with Crippen LogP contribution in [0.1, 0.15) is 41.1 Å². The zero-order chi connectivity index (χ0) is 21.6. The molecule has 0 radical (unpaired) electrons. The third-order valence-electron chi connectivity index (χ3n) is 6.25. The first-order chi connectivity index (χ1) is 14.9. The van der Waals surface area contributed by atoms with Crippen LogP contribution in [0.4, 0.5) is 0 Å². The van der Waals surface area contributed by atoms with Crippen LogP contribution in [0.2, 0.25) is 5.02 Å². The quantitative estimate of drug-likeness (QED) is 0.580. The minimum Gasteiger partial charge on any atom is -0.337 e. The SMILES string of the molecule is O=C(Cc1cccc(Br)c1)N1CCc2nc(C3(c4cccc(Cl)c4)CC3)[nH]c(=O)c2C1. The monoisotopic (exact) mass is 497 g/mol. The van der Waals surface area contributed by atoms with Gasteiger partial charge >= 0.3 is 0 Å². The molecular formula is C24H21BrClN3O2. The van der Waals surface area contributed by atoms with Gasteiger partial charge in [0.05, 0.1) is 29.6 Å². The van der Waals surface area contributed by atoms with Crippen LogP contribution >= 0.6 is 27.5 Å². The molecule has 1 amide bonds. The Kier molecular flexibility index (Phi) is 5.22. The van der Waals surface area contributed by atoms with Crippen molar-refractivity contribution in [3.8, 4) is 0 Å². The van der Waals surface area contributed by atoms with Crippen molar-refractivity contribution >= 4 is 33.4 Å². The standard InChI is InChI=1S/C24H21BrClN3O2/c25-17-5-1-3-15(11-17)12-21(30)29-10-7-20-19(14-29)22(31)28-23(27-20)24(8-9-24)16-4-2-6-18(26)13-16/h1-6,11,13H,7-10,12,14H2,(H,27,28,31). The second kappa shape index (κ2) is 7.92. The smallest absolute Gasteiger partial charge is 0.256 e. The molecule has 5 rings (SSSR count). The number of aromatic nitrogens is 2. The van der Waals surface area contributed by atoms with Gasteiger partial charge in [-0.2, -0.15) is 0 Å². The van der Waals surface area contributed by atoms with Crippen molar-refractivity contribution in [2.24, 2.45) is 0 Å². The summed E-state index contributed by atoms with van der Waals surface area (Å²) in [6.45, 7) is 0.870. The van der Waals surface area contributed by atoms with E-state index < -0.39 is 0 Å². The average molecular weight is 499 g/mol. The molecule has 0 atom stereocenters. The molecule has 31 heavy (non-hydrogen) atoms. The highest BCUT2D eigenvalue weighted by atomic mass is 79.9. The maximum absolute atomic E-state index is 13.0. The van der Waals surface area contributed by atoms with Crippen LogP contribution in [0.25, 0.3) is 0 Å². The number of halogens is 2. The summed E-state index contributed by atoms with van der Waals surface area (Å²) in [6, 6.07) is 15.5. The summed E-state index contributed by atoms with van der Waals surface area (Å²) >= 11 is 9.63. The van der Waals surface area contributed by atoms with Crippen LogP contribution in [0.3, 0.4) is 0 Å². The van der Waals surface area contributed by atoms with E-state index in [1.54, 1.807) is 4.90 Å². The van der Waals surface area contributed by atoms with Gasteiger partial charge < -0.3 is 9.88 Å². The Bertz CT molecular complexity index is 1240. The van der Waals surface area contributed by atoms with E-state index in [2.05, 4.69) is 20.9 Å². The second-order valence-electron chi connectivity index (χ2n) is 8.30. The van der Waals surface area contributed by atoms with Gasteiger partial charge in [0, 0.05) is 22.5 Å². The lowest BCUT2D eigenvalue weighted by Crippen LogP contribution is -2.41. The molecule has 2 heterocycles. The highest BCUT2D eigenvalue weighted by Gasteiger charge is 2.48. The summed E-state index contributed by atoms with van der Waals surface area (Å²) < 4.78 is 0.948. The molecule has 1 aliphatic heterocycles. The fraction of sp³-hybridized carbons (Fsp3) is 0.292. The molecule has 1 fully saturated rings. The lowest BCUT2D eigenvalue weighted by molar-refractivity contribution is -0.131. The summed E-state index contributed by atoms with van der Waals surface area (Å²) in [6.07, 6.45) is 2.77. The molecule has 0 saturated heterocycles. The molecule has 1 saturated carbocycles. The van der Waals surface area contributed by atoms with Gasteiger partial charge in [0.1, 0.15) is 5.82 Å². The lowest BCUT2D eigenvalue weighted by atomic mass is 9.94. The van der Waals surface area contributed by atoms with Crippen LogP contribution in [0, 0.1) is 0 Å². The maximum Gasteiger partial charge on any atom is 0.256 e. The van der Waals surface area contributed by atoms with Crippen molar-refractivity contribution in [1.82, 2.24) is 14.9 Å².